The number of rotatable bonds is 7. The number of hydrogen-bond acceptors (Lipinski definition) is 3. The van der Waals surface area contributed by atoms with Crippen LogP contribution in [0.5, 0.6) is 5.75 Å². The molecule has 2 N–H and O–H groups in total. The van der Waals surface area contributed by atoms with Crippen LogP contribution in [-0.4, -0.2) is 18.4 Å². The molecule has 0 saturated carbocycles. The van der Waals surface area contributed by atoms with E-state index in [1.807, 2.05) is 80.6 Å². The summed E-state index contributed by atoms with van der Waals surface area (Å²) < 4.78 is 5.77. The topological polar surface area (TPSA) is 67.4 Å². The van der Waals surface area contributed by atoms with Gasteiger partial charge in [-0.3, -0.25) is 9.59 Å². The van der Waals surface area contributed by atoms with Crippen molar-refractivity contribution in [3.05, 3.63) is 113 Å². The average Bonchev–Trinajstić information content (AvgIpc) is 2.85. The number of anilines is 1. The minimum atomic E-state index is -0.409. The summed E-state index contributed by atoms with van der Waals surface area (Å²) in [7, 11) is 0. The second-order valence-electron chi connectivity index (χ2n) is 7.83. The van der Waals surface area contributed by atoms with Crippen LogP contribution in [0.1, 0.15) is 28.4 Å². The van der Waals surface area contributed by atoms with Gasteiger partial charge in [0.15, 0.2) is 0 Å². The van der Waals surface area contributed by atoms with E-state index in [0.29, 0.717) is 17.9 Å². The summed E-state index contributed by atoms with van der Waals surface area (Å²) in [5, 5.41) is 7.55. The number of ether oxygens (including phenoxy) is 1. The molecule has 0 unspecified atom stereocenters. The maximum absolute atomic E-state index is 13.3. The third kappa shape index (κ3) is 5.33. The zero-order chi connectivity index (χ0) is 23.9. The highest BCUT2D eigenvalue weighted by Crippen LogP contribution is 2.30. The highest BCUT2D eigenvalue weighted by molar-refractivity contribution is 6.11. The smallest absolute Gasteiger partial charge is 0.272 e. The first-order valence-corrected chi connectivity index (χ1v) is 11.2. The summed E-state index contributed by atoms with van der Waals surface area (Å²) in [6.07, 6.45) is 1.70. The minimum Gasteiger partial charge on any atom is -0.493 e. The van der Waals surface area contributed by atoms with E-state index >= 15 is 0 Å². The summed E-state index contributed by atoms with van der Waals surface area (Å²) in [5.41, 5.74) is 3.08. The highest BCUT2D eigenvalue weighted by Gasteiger charge is 2.16. The summed E-state index contributed by atoms with van der Waals surface area (Å²) in [6.45, 7) is 4.45. The van der Waals surface area contributed by atoms with Crippen molar-refractivity contribution in [2.75, 3.05) is 11.9 Å². The number of carbonyl (C=O) groups is 2. The van der Waals surface area contributed by atoms with Crippen molar-refractivity contribution in [1.82, 2.24) is 5.32 Å². The van der Waals surface area contributed by atoms with Crippen molar-refractivity contribution in [1.29, 1.82) is 0 Å². The van der Waals surface area contributed by atoms with Crippen LogP contribution in [0, 0.1) is 6.92 Å². The highest BCUT2D eigenvalue weighted by atomic mass is 16.5. The maximum Gasteiger partial charge on any atom is 0.272 e. The molecule has 0 heterocycles. The second kappa shape index (κ2) is 10.5. The quantitative estimate of drug-likeness (QED) is 0.342. The first-order valence-electron chi connectivity index (χ1n) is 11.2. The Kier molecular flexibility index (Phi) is 7.04. The first-order chi connectivity index (χ1) is 16.5. The van der Waals surface area contributed by atoms with Crippen LogP contribution in [0.3, 0.4) is 0 Å². The Morgan fingerprint density at radius 1 is 0.853 bits per heavy atom. The van der Waals surface area contributed by atoms with Gasteiger partial charge in [0.2, 0.25) is 0 Å². The molecule has 0 fully saturated rings. The fourth-order valence-electron chi connectivity index (χ4n) is 3.72. The lowest BCUT2D eigenvalue weighted by atomic mass is 10.0. The van der Waals surface area contributed by atoms with Gasteiger partial charge in [-0.05, 0) is 66.8 Å². The van der Waals surface area contributed by atoms with Gasteiger partial charge < -0.3 is 15.4 Å². The van der Waals surface area contributed by atoms with E-state index in [4.69, 9.17) is 4.74 Å². The molecule has 0 aliphatic heterocycles. The van der Waals surface area contributed by atoms with E-state index in [1.54, 1.807) is 30.3 Å². The van der Waals surface area contributed by atoms with E-state index in [2.05, 4.69) is 10.6 Å². The van der Waals surface area contributed by atoms with Crippen LogP contribution in [0.15, 0.2) is 96.7 Å². The van der Waals surface area contributed by atoms with Crippen LogP contribution in [0.2, 0.25) is 0 Å². The molecule has 34 heavy (non-hydrogen) atoms. The van der Waals surface area contributed by atoms with Crippen LogP contribution in [0.25, 0.3) is 16.8 Å². The van der Waals surface area contributed by atoms with Gasteiger partial charge in [-0.25, -0.2) is 0 Å². The average molecular weight is 451 g/mol. The zero-order valence-corrected chi connectivity index (χ0v) is 19.2. The lowest BCUT2D eigenvalue weighted by Gasteiger charge is -2.13. The third-order valence-electron chi connectivity index (χ3n) is 5.32. The Morgan fingerprint density at radius 2 is 1.59 bits per heavy atom. The molecule has 2 amide bonds. The van der Waals surface area contributed by atoms with Crippen LogP contribution in [0.4, 0.5) is 5.69 Å². The summed E-state index contributed by atoms with van der Waals surface area (Å²) in [5.74, 6) is 0.00339. The molecule has 0 spiro atoms. The number of amides is 2. The number of fused-ring (bicyclic) bond motifs is 1. The number of carbonyl (C=O) groups excluding carboxylic acids is 2. The maximum atomic E-state index is 13.3. The zero-order valence-electron chi connectivity index (χ0n) is 19.2. The predicted octanol–water partition coefficient (Wildman–Crippen LogP) is 5.96. The van der Waals surface area contributed by atoms with Crippen molar-refractivity contribution >= 4 is 34.4 Å². The number of nitrogens with one attached hydrogen (secondary N) is 2. The molecular weight excluding hydrogens is 424 g/mol. The van der Waals surface area contributed by atoms with Crippen LogP contribution in [-0.2, 0) is 4.79 Å². The first kappa shape index (κ1) is 22.8. The fourth-order valence-corrected chi connectivity index (χ4v) is 3.72. The van der Waals surface area contributed by atoms with E-state index in [1.165, 1.54) is 0 Å². The molecule has 0 aromatic heterocycles. The minimum absolute atomic E-state index is 0.143. The molecule has 0 aliphatic rings. The molecule has 4 rings (SSSR count). The fraction of sp³-hybridized carbons (Fsp3) is 0.103. The summed E-state index contributed by atoms with van der Waals surface area (Å²) >= 11 is 0. The van der Waals surface area contributed by atoms with Gasteiger partial charge in [0, 0.05) is 16.6 Å². The largest absolute Gasteiger partial charge is 0.493 e. The normalized spacial score (nSPS) is 11.2. The van der Waals surface area contributed by atoms with Crippen molar-refractivity contribution in [3.8, 4) is 5.75 Å². The predicted molar refractivity (Wildman–Crippen MR) is 137 cm³/mol. The third-order valence-corrected chi connectivity index (χ3v) is 5.32. The Labute approximate surface area is 199 Å². The SMILES string of the molecule is CCOc1ccc(/C=C(\NC(=O)c2ccccc2)C(=O)Nc2cccc(C)c2)c2ccccc12. The molecule has 0 aliphatic carbocycles. The van der Waals surface area contributed by atoms with Gasteiger partial charge in [-0.2, -0.15) is 0 Å². The summed E-state index contributed by atoms with van der Waals surface area (Å²) in [4.78, 5) is 26.2. The van der Waals surface area contributed by atoms with Gasteiger partial charge in [-0.15, -0.1) is 0 Å². The Morgan fingerprint density at radius 3 is 2.32 bits per heavy atom. The van der Waals surface area contributed by atoms with Crippen LogP contribution >= 0.6 is 0 Å². The molecular formula is C29H26N2O3. The molecule has 4 aromatic rings. The number of aryl methyl sites for hydroxylation is 1. The van der Waals surface area contributed by atoms with Crippen molar-refractivity contribution in [2.45, 2.75) is 13.8 Å². The number of hydrogen-bond donors (Lipinski definition) is 2. The second-order valence-corrected chi connectivity index (χ2v) is 7.83. The van der Waals surface area contributed by atoms with E-state index in [9.17, 15) is 9.59 Å². The van der Waals surface area contributed by atoms with Crippen LogP contribution < -0.4 is 15.4 Å². The van der Waals surface area contributed by atoms with Gasteiger partial charge in [0.05, 0.1) is 6.61 Å². The van der Waals surface area contributed by atoms with Gasteiger partial charge in [0.1, 0.15) is 11.4 Å². The Bertz CT molecular complexity index is 1360. The monoisotopic (exact) mass is 450 g/mol. The Balaban J connectivity index is 1.75. The standard InChI is InChI=1S/C29H26N2O3/c1-3-34-27-17-16-22(24-14-7-8-15-25(24)27)19-26(31-28(32)21-11-5-4-6-12-21)29(33)30-23-13-9-10-20(2)18-23/h4-19H,3H2,1-2H3,(H,30,33)(H,31,32)/b26-19-. The lowest BCUT2D eigenvalue weighted by molar-refractivity contribution is -0.113. The molecule has 5 heteroatoms. The molecule has 5 nitrogen and oxygen atoms in total. The van der Waals surface area contributed by atoms with E-state index in [0.717, 1.165) is 27.6 Å². The van der Waals surface area contributed by atoms with Crippen molar-refractivity contribution in [3.63, 3.8) is 0 Å². The van der Waals surface area contributed by atoms with E-state index in [-0.39, 0.29) is 11.6 Å². The molecule has 170 valence electrons. The Hall–Kier alpha value is -4.38. The summed E-state index contributed by atoms with van der Waals surface area (Å²) in [6, 6.07) is 27.9. The molecule has 4 aromatic carbocycles. The lowest BCUT2D eigenvalue weighted by Crippen LogP contribution is -2.30. The molecule has 0 saturated heterocycles. The molecule has 0 atom stereocenters. The van der Waals surface area contributed by atoms with Gasteiger partial charge >= 0.3 is 0 Å². The van der Waals surface area contributed by atoms with Gasteiger partial charge in [-0.1, -0.05) is 60.7 Å². The van der Waals surface area contributed by atoms with E-state index < -0.39 is 5.91 Å². The van der Waals surface area contributed by atoms with Gasteiger partial charge in [0.25, 0.3) is 11.8 Å². The van der Waals surface area contributed by atoms with Crippen molar-refractivity contribution < 1.29 is 14.3 Å². The molecule has 0 bridgehead atoms. The number of benzene rings is 4. The molecule has 0 radical (unpaired) electrons. The van der Waals surface area contributed by atoms with Crippen molar-refractivity contribution in [2.24, 2.45) is 0 Å².